The molecule has 1 aromatic carbocycles. The lowest BCUT2D eigenvalue weighted by Crippen LogP contribution is -1.97. The standard InChI is InChI=1S/C8H6F3IO/c1-13-7-4(8(10)11)2-3-5(12)6(7)9/h2-3,8H,1H3. The molecule has 0 N–H and O–H groups in total. The third-order valence-electron chi connectivity index (χ3n) is 1.52. The fourth-order valence-electron chi connectivity index (χ4n) is 0.926. The molecule has 1 nitrogen and oxygen atoms in total. The van der Waals surface area contributed by atoms with E-state index in [1.807, 2.05) is 0 Å². The lowest BCUT2D eigenvalue weighted by atomic mass is 10.2. The van der Waals surface area contributed by atoms with Crippen LogP contribution >= 0.6 is 22.6 Å². The van der Waals surface area contributed by atoms with E-state index in [0.717, 1.165) is 6.07 Å². The Hall–Kier alpha value is -0.460. The van der Waals surface area contributed by atoms with Crippen molar-refractivity contribution in [3.05, 3.63) is 27.1 Å². The molecule has 0 fully saturated rings. The third kappa shape index (κ3) is 2.07. The number of benzene rings is 1. The Morgan fingerprint density at radius 1 is 1.38 bits per heavy atom. The molecule has 0 bridgehead atoms. The van der Waals surface area contributed by atoms with Gasteiger partial charge < -0.3 is 4.74 Å². The van der Waals surface area contributed by atoms with Gasteiger partial charge >= 0.3 is 0 Å². The Kier molecular flexibility index (Phi) is 3.40. The molecule has 1 aromatic rings. The minimum absolute atomic E-state index is 0.263. The summed E-state index contributed by atoms with van der Waals surface area (Å²) in [6.45, 7) is 0. The van der Waals surface area contributed by atoms with E-state index in [4.69, 9.17) is 0 Å². The van der Waals surface area contributed by atoms with Crippen LogP contribution in [0.2, 0.25) is 0 Å². The lowest BCUT2D eigenvalue weighted by molar-refractivity contribution is 0.146. The van der Waals surface area contributed by atoms with Crippen LogP contribution in [0.5, 0.6) is 5.75 Å². The molecule has 0 aromatic heterocycles. The van der Waals surface area contributed by atoms with E-state index in [1.165, 1.54) is 13.2 Å². The first-order chi connectivity index (χ1) is 6.07. The fourth-order valence-corrected chi connectivity index (χ4v) is 1.35. The SMILES string of the molecule is COc1c(C(F)F)ccc(I)c1F. The van der Waals surface area contributed by atoms with Gasteiger partial charge in [-0.1, -0.05) is 0 Å². The monoisotopic (exact) mass is 302 g/mol. The molecule has 72 valence electrons. The zero-order valence-electron chi connectivity index (χ0n) is 6.65. The van der Waals surface area contributed by atoms with Crippen LogP contribution in [0, 0.1) is 9.39 Å². The van der Waals surface area contributed by atoms with Crippen LogP contribution in [0.25, 0.3) is 0 Å². The molecule has 0 amide bonds. The quantitative estimate of drug-likeness (QED) is 0.761. The molecule has 13 heavy (non-hydrogen) atoms. The highest BCUT2D eigenvalue weighted by Gasteiger charge is 2.18. The molecule has 0 spiro atoms. The second-order valence-corrected chi connectivity index (χ2v) is 3.45. The van der Waals surface area contributed by atoms with Crippen LogP contribution in [0.3, 0.4) is 0 Å². The van der Waals surface area contributed by atoms with E-state index in [9.17, 15) is 13.2 Å². The molecule has 0 saturated carbocycles. The second-order valence-electron chi connectivity index (χ2n) is 2.28. The summed E-state index contributed by atoms with van der Waals surface area (Å²) in [4.78, 5) is 0. The largest absolute Gasteiger partial charge is 0.493 e. The average Bonchev–Trinajstić information content (AvgIpc) is 2.09. The van der Waals surface area contributed by atoms with Crippen molar-refractivity contribution in [2.45, 2.75) is 6.43 Å². The molecule has 0 aliphatic carbocycles. The van der Waals surface area contributed by atoms with Crippen molar-refractivity contribution < 1.29 is 17.9 Å². The predicted octanol–water partition coefficient (Wildman–Crippen LogP) is 3.38. The van der Waals surface area contributed by atoms with Gasteiger partial charge in [0.25, 0.3) is 6.43 Å². The maximum atomic E-state index is 13.2. The van der Waals surface area contributed by atoms with Gasteiger partial charge in [0.2, 0.25) is 0 Å². The molecule has 0 radical (unpaired) electrons. The smallest absolute Gasteiger partial charge is 0.267 e. The molecule has 0 heterocycles. The first-order valence-corrected chi connectivity index (χ1v) is 4.45. The van der Waals surface area contributed by atoms with Gasteiger partial charge in [-0.25, -0.2) is 13.2 Å². The normalized spacial score (nSPS) is 10.6. The lowest BCUT2D eigenvalue weighted by Gasteiger charge is -2.09. The minimum Gasteiger partial charge on any atom is -0.493 e. The summed E-state index contributed by atoms with van der Waals surface area (Å²) in [5, 5.41) is 0. The number of hydrogen-bond acceptors (Lipinski definition) is 1. The summed E-state index contributed by atoms with van der Waals surface area (Å²) in [6, 6.07) is 2.45. The van der Waals surface area contributed by atoms with Crippen molar-refractivity contribution in [3.8, 4) is 5.75 Å². The summed E-state index contributed by atoms with van der Waals surface area (Å²) in [7, 11) is 1.17. The van der Waals surface area contributed by atoms with Crippen LogP contribution in [-0.2, 0) is 0 Å². The first-order valence-electron chi connectivity index (χ1n) is 3.38. The van der Waals surface area contributed by atoms with Gasteiger partial charge in [-0.05, 0) is 34.7 Å². The van der Waals surface area contributed by atoms with Crippen LogP contribution in [0.1, 0.15) is 12.0 Å². The molecule has 0 aliphatic rings. The zero-order valence-corrected chi connectivity index (χ0v) is 8.81. The number of ether oxygens (including phenoxy) is 1. The van der Waals surface area contributed by atoms with Gasteiger partial charge in [-0.15, -0.1) is 0 Å². The Bertz CT molecular complexity index is 315. The average molecular weight is 302 g/mol. The van der Waals surface area contributed by atoms with Gasteiger partial charge in [0.15, 0.2) is 11.6 Å². The third-order valence-corrected chi connectivity index (χ3v) is 2.35. The van der Waals surface area contributed by atoms with Gasteiger partial charge in [0, 0.05) is 0 Å². The zero-order chi connectivity index (χ0) is 10.0. The summed E-state index contributed by atoms with van der Waals surface area (Å²) in [5.41, 5.74) is -0.416. The van der Waals surface area contributed by atoms with Crippen molar-refractivity contribution in [2.24, 2.45) is 0 Å². The van der Waals surface area contributed by atoms with E-state index < -0.39 is 17.8 Å². The Morgan fingerprint density at radius 3 is 2.46 bits per heavy atom. The van der Waals surface area contributed by atoms with Gasteiger partial charge in [-0.2, -0.15) is 0 Å². The van der Waals surface area contributed by atoms with Crippen LogP contribution in [-0.4, -0.2) is 7.11 Å². The topological polar surface area (TPSA) is 9.23 Å². The Labute approximate surface area is 87.0 Å². The fraction of sp³-hybridized carbons (Fsp3) is 0.250. The highest BCUT2D eigenvalue weighted by atomic mass is 127. The van der Waals surface area contributed by atoms with Crippen LogP contribution in [0.15, 0.2) is 12.1 Å². The number of halogens is 4. The maximum Gasteiger partial charge on any atom is 0.267 e. The van der Waals surface area contributed by atoms with Crippen molar-refractivity contribution in [3.63, 3.8) is 0 Å². The van der Waals surface area contributed by atoms with E-state index >= 15 is 0 Å². The van der Waals surface area contributed by atoms with E-state index in [2.05, 4.69) is 4.74 Å². The van der Waals surface area contributed by atoms with E-state index in [0.29, 0.717) is 0 Å². The summed E-state index contributed by atoms with van der Waals surface area (Å²) in [6.07, 6.45) is -2.72. The molecule has 1 rings (SSSR count). The van der Waals surface area contributed by atoms with Crippen molar-refractivity contribution >= 4 is 22.6 Å². The Morgan fingerprint density at radius 2 is 2.00 bits per heavy atom. The number of alkyl halides is 2. The summed E-state index contributed by atoms with van der Waals surface area (Å²) < 4.78 is 42.5. The molecule has 0 unspecified atom stereocenters. The van der Waals surface area contributed by atoms with Crippen LogP contribution < -0.4 is 4.74 Å². The van der Waals surface area contributed by atoms with E-state index in [-0.39, 0.29) is 9.32 Å². The van der Waals surface area contributed by atoms with Gasteiger partial charge in [-0.3, -0.25) is 0 Å². The van der Waals surface area contributed by atoms with Crippen LogP contribution in [0.4, 0.5) is 13.2 Å². The van der Waals surface area contributed by atoms with Gasteiger partial charge in [0.05, 0.1) is 16.2 Å². The molecule has 0 aliphatic heterocycles. The molecule has 0 saturated heterocycles. The predicted molar refractivity (Wildman–Crippen MR) is 50.6 cm³/mol. The van der Waals surface area contributed by atoms with Crippen molar-refractivity contribution in [2.75, 3.05) is 7.11 Å². The number of methoxy groups -OCH3 is 1. The first kappa shape index (κ1) is 10.6. The van der Waals surface area contributed by atoms with Crippen molar-refractivity contribution in [1.29, 1.82) is 0 Å². The summed E-state index contributed by atoms with van der Waals surface area (Å²) >= 11 is 1.71. The van der Waals surface area contributed by atoms with Crippen molar-refractivity contribution in [1.82, 2.24) is 0 Å². The summed E-state index contributed by atoms with van der Waals surface area (Å²) in [5.74, 6) is -1.11. The number of hydrogen-bond donors (Lipinski definition) is 0. The number of rotatable bonds is 2. The highest BCUT2D eigenvalue weighted by molar-refractivity contribution is 14.1. The molecular formula is C8H6F3IO. The molecule has 0 atom stereocenters. The van der Waals surface area contributed by atoms with Gasteiger partial charge in [0.1, 0.15) is 0 Å². The maximum absolute atomic E-state index is 13.2. The Balaban J connectivity index is 3.30. The van der Waals surface area contributed by atoms with E-state index in [1.54, 1.807) is 22.6 Å². The second kappa shape index (κ2) is 4.17. The minimum atomic E-state index is -2.72. The highest BCUT2D eigenvalue weighted by Crippen LogP contribution is 2.33. The molecular weight excluding hydrogens is 296 g/mol. The molecule has 5 heteroatoms.